The van der Waals surface area contributed by atoms with Crippen LogP contribution in [0.4, 0.5) is 5.82 Å². The molecular formula is C107H115Cl2N21O11S4. The van der Waals surface area contributed by atoms with Crippen molar-refractivity contribution < 1.29 is 53.2 Å². The van der Waals surface area contributed by atoms with Crippen molar-refractivity contribution in [3.05, 3.63) is 262 Å². The third-order valence-corrected chi connectivity index (χ3v) is 33.3. The Morgan fingerprint density at radius 1 is 0.545 bits per heavy atom. The molecule has 13 heterocycles. The summed E-state index contributed by atoms with van der Waals surface area (Å²) in [6.45, 7) is 25.8. The molecule has 1 aliphatic carbocycles. The van der Waals surface area contributed by atoms with Gasteiger partial charge in [0.05, 0.1) is 93.1 Å². The number of halogens is 2. The maximum Gasteiger partial charge on any atom is 0.258 e. The van der Waals surface area contributed by atoms with Gasteiger partial charge in [-0.25, -0.2) is 15.0 Å². The number of aryl methyl sites for hydroxylation is 6. The smallest absolute Gasteiger partial charge is 0.258 e. The van der Waals surface area contributed by atoms with Gasteiger partial charge in [0, 0.05) is 118 Å². The number of benzene rings is 5. The molecule has 7 N–H and O–H groups in total. The number of β-amino-alcohol motifs (C(OH)–C–C–N with tert-alkyl or cyclic N) is 2. The number of carbonyl (C=O) groups excluding carboxylic acids is 7. The molecule has 752 valence electrons. The molecule has 0 radical (unpaired) electrons. The van der Waals surface area contributed by atoms with E-state index in [1.165, 1.54) is 27.3 Å². The highest BCUT2D eigenvalue weighted by atomic mass is 35.5. The van der Waals surface area contributed by atoms with Gasteiger partial charge in [0.1, 0.15) is 81.3 Å². The van der Waals surface area contributed by atoms with E-state index in [4.69, 9.17) is 52.7 Å². The van der Waals surface area contributed by atoms with Crippen molar-refractivity contribution >= 4 is 127 Å². The maximum absolute atomic E-state index is 15.8. The Morgan fingerprint density at radius 2 is 1.08 bits per heavy atom. The second-order valence-electron chi connectivity index (χ2n) is 39.8. The Morgan fingerprint density at radius 3 is 1.61 bits per heavy atom. The minimum absolute atomic E-state index is 0.0230. The van der Waals surface area contributed by atoms with Crippen LogP contribution in [0.15, 0.2) is 173 Å². The second-order valence-corrected chi connectivity index (χ2v) is 44.8. The van der Waals surface area contributed by atoms with Gasteiger partial charge in [-0.05, 0) is 180 Å². The molecule has 6 aliphatic rings. The largest absolute Gasteiger partial charge is 0.490 e. The van der Waals surface area contributed by atoms with Crippen LogP contribution in [0.25, 0.3) is 42.0 Å². The van der Waals surface area contributed by atoms with E-state index in [0.29, 0.717) is 101 Å². The Labute approximate surface area is 866 Å². The molecule has 1 unspecified atom stereocenters. The lowest BCUT2D eigenvalue weighted by atomic mass is 9.85. The van der Waals surface area contributed by atoms with Gasteiger partial charge in [-0.3, -0.25) is 57.4 Å². The molecule has 13 aromatic rings. The third-order valence-electron chi connectivity index (χ3n) is 28.5. The average Bonchev–Trinajstić information content (AvgIpc) is 1.59. The average molecular weight is 2070 g/mol. The molecule has 145 heavy (non-hydrogen) atoms. The number of amides is 7. The summed E-state index contributed by atoms with van der Waals surface area (Å²) in [5, 5.41) is 64.4. The predicted octanol–water partition coefficient (Wildman–Crippen LogP) is 16.0. The van der Waals surface area contributed by atoms with Crippen molar-refractivity contribution in [2.75, 3.05) is 37.7 Å². The van der Waals surface area contributed by atoms with E-state index in [9.17, 15) is 39.0 Å². The van der Waals surface area contributed by atoms with Crippen molar-refractivity contribution in [3.8, 4) is 53.5 Å². The number of nitrogens with one attached hydrogen (secondary N) is 5. The summed E-state index contributed by atoms with van der Waals surface area (Å²) in [6.07, 6.45) is 5.70. The van der Waals surface area contributed by atoms with Crippen LogP contribution in [0, 0.1) is 59.8 Å². The molecule has 8 aromatic heterocycles. The first-order chi connectivity index (χ1) is 69.6. The molecule has 1 saturated carbocycles. The second kappa shape index (κ2) is 42.2. The quantitative estimate of drug-likeness (QED) is 0.0212. The fraction of sp³-hybridized carbons (Fsp3) is 0.393. The summed E-state index contributed by atoms with van der Waals surface area (Å²) in [5.74, 6) is 1.05. The SMILES string of the molecule is Cc1ncsc1-c1ccc([C@H](C)NC(=O)[C@@H]2C[C@@H](O)CN2C(=O)[C@H](C(C)CCc2ncsc2-c2ccc([C@H](C)NC(=O)[C@@H]3C[C@@H](O)CN3C(=O)[C@@H](NC(=O)COc3ccc(N4CC[C@@H](NC(=O)C[C@@H]5N=C(c6ccc(Cl)cc6)c6c(sc(C)c6C)-n6c(C)nnc65)C4)nc3)C(C)(C)C)cc2)n2cc(-c3cccc(O[C@H]4C[C@@H](NC(=O)C[C@@H]5N=C(c6ccc(Cl)cc6)c6c(sc(C)c6C)-n6c(C)nnc65)C4)c3)cn2)cc1. The molecular weight excluding hydrogens is 1950 g/mol. The fourth-order valence-electron chi connectivity index (χ4n) is 20.3. The first kappa shape index (κ1) is 101. The third kappa shape index (κ3) is 21.4. The van der Waals surface area contributed by atoms with Gasteiger partial charge >= 0.3 is 0 Å². The van der Waals surface area contributed by atoms with Crippen LogP contribution in [0.3, 0.4) is 0 Å². The number of hydrogen-bond donors (Lipinski definition) is 7. The summed E-state index contributed by atoms with van der Waals surface area (Å²) >= 11 is 19.1. The summed E-state index contributed by atoms with van der Waals surface area (Å²) in [6, 6.07) is 35.4. The van der Waals surface area contributed by atoms with E-state index < -0.39 is 102 Å². The van der Waals surface area contributed by atoms with Crippen LogP contribution in [0.1, 0.15) is 212 Å². The number of pyridine rings is 1. The summed E-state index contributed by atoms with van der Waals surface area (Å²) in [7, 11) is 0. The minimum atomic E-state index is -1.12. The number of hydrogen-bond acceptors (Lipinski definition) is 26. The number of carbonyl (C=O) groups is 7. The minimum Gasteiger partial charge on any atom is -0.490 e. The maximum atomic E-state index is 15.8. The Balaban J connectivity index is 0.474. The lowest BCUT2D eigenvalue weighted by Gasteiger charge is -2.36. The molecule has 3 saturated heterocycles. The van der Waals surface area contributed by atoms with Gasteiger partial charge in [-0.2, -0.15) is 5.10 Å². The van der Waals surface area contributed by atoms with E-state index >= 15 is 4.79 Å². The number of anilines is 1. The lowest BCUT2D eigenvalue weighted by Crippen LogP contribution is -2.58. The zero-order chi connectivity index (χ0) is 102. The molecule has 32 nitrogen and oxygen atoms in total. The van der Waals surface area contributed by atoms with Crippen LogP contribution >= 0.6 is 68.5 Å². The number of ether oxygens (including phenoxy) is 2. The normalized spacial score (nSPS) is 20.1. The van der Waals surface area contributed by atoms with Crippen molar-refractivity contribution in [1.29, 1.82) is 0 Å². The summed E-state index contributed by atoms with van der Waals surface area (Å²) in [4.78, 5) is 136. The molecule has 19 rings (SSSR count). The zero-order valence-corrected chi connectivity index (χ0v) is 87.5. The molecule has 12 atom stereocenters. The van der Waals surface area contributed by atoms with E-state index in [1.807, 2.05) is 204 Å². The number of fused-ring (bicyclic) bond motifs is 6. The Hall–Kier alpha value is -13.1. The van der Waals surface area contributed by atoms with Crippen LogP contribution < -0.4 is 41.0 Å². The molecule has 4 fully saturated rings. The lowest BCUT2D eigenvalue weighted by molar-refractivity contribution is -0.144. The molecule has 5 aromatic carbocycles. The monoisotopic (exact) mass is 2070 g/mol. The van der Waals surface area contributed by atoms with E-state index in [-0.39, 0.29) is 74.7 Å². The predicted molar refractivity (Wildman–Crippen MR) is 561 cm³/mol. The van der Waals surface area contributed by atoms with E-state index in [2.05, 4.69) is 89.5 Å². The van der Waals surface area contributed by atoms with Gasteiger partial charge in [-0.1, -0.05) is 136 Å². The molecule has 0 bridgehead atoms. The van der Waals surface area contributed by atoms with Gasteiger partial charge in [0.2, 0.25) is 35.4 Å². The van der Waals surface area contributed by atoms with Crippen molar-refractivity contribution in [1.82, 2.24) is 90.6 Å². The van der Waals surface area contributed by atoms with Crippen molar-refractivity contribution in [3.63, 3.8) is 0 Å². The molecule has 0 spiro atoms. The summed E-state index contributed by atoms with van der Waals surface area (Å²) in [5.41, 5.74) is 17.0. The molecule has 7 amide bonds. The van der Waals surface area contributed by atoms with Crippen molar-refractivity contribution in [2.45, 2.75) is 227 Å². The first-order valence-corrected chi connectivity index (χ1v) is 53.1. The first-order valence-electron chi connectivity index (χ1n) is 49.0. The topological polar surface area (TPSA) is 391 Å². The van der Waals surface area contributed by atoms with Crippen LogP contribution in [0.2, 0.25) is 10.0 Å². The van der Waals surface area contributed by atoms with Gasteiger partial charge in [0.15, 0.2) is 18.3 Å². The van der Waals surface area contributed by atoms with Crippen LogP contribution in [0.5, 0.6) is 11.5 Å². The molecule has 38 heteroatoms. The van der Waals surface area contributed by atoms with Crippen molar-refractivity contribution in [2.24, 2.45) is 21.3 Å². The highest BCUT2D eigenvalue weighted by Crippen LogP contribution is 2.45. The highest BCUT2D eigenvalue weighted by molar-refractivity contribution is 7.15. The number of likely N-dealkylation sites (tertiary alicyclic amines) is 2. The van der Waals surface area contributed by atoms with Crippen LogP contribution in [-0.4, -0.2) is 208 Å². The number of aromatic nitrogens is 11. The highest BCUT2D eigenvalue weighted by Gasteiger charge is 2.48. The van der Waals surface area contributed by atoms with Gasteiger partial charge in [-0.15, -0.1) is 65.7 Å². The van der Waals surface area contributed by atoms with Gasteiger partial charge in [0.25, 0.3) is 5.91 Å². The number of aliphatic imine (C=N–C) groups is 2. The fourth-order valence-corrected chi connectivity index (χ4v) is 24.6. The standard InChI is InChI=1S/C107H115Cl2N21O11S4/c1-55(95(103(138)126-50-77(131)42-85(126)101(136)114-58(4)65-18-22-69(23-19-65)96-60(6)111-53-142-96)128-48-72(46-113-128)71-15-14-16-79(39-71)141-81-40-76(41-81)117-89(134)45-84-100-124-122-64(10)130(100)106-92(57(3)62(8)145-106)94(119-84)68-28-32-74(109)33-29-68)17-35-82-97(143-54-112-82)70-24-20-66(21-25-70)59(5)115-102(137)86-43-78(132)51-127(86)104(139)98(107(11,12)13)120-90(135)52-140-80-34-36-87(110-47-80)125-38-37-75(49-125)116-88(133)44-83-99-123-121-63(9)129(99)105-91(56(2)61(7)144-105)93(118-83)67-26-30-73(108)31-27-67/h14-16,18-34,36,39,46-48,53-55,58-59,75-78,81,83-86,95,98,131-132H,17,35,37-38,40-45,49-52H2,1-13H3,(H,114,136)(H,115,137)(H,116,133)(H,117,134)(H,120,135)/t55?,58-,59-,75+,76-,77+,78+,81+,83-,84-,85-,86-,95-,98+/m0/s1. The number of aliphatic hydroxyl groups is 2. The number of thiazole rings is 2. The van der Waals surface area contributed by atoms with Crippen LogP contribution in [-0.2, 0) is 40.0 Å². The van der Waals surface area contributed by atoms with Gasteiger partial charge < -0.3 is 61.0 Å². The number of aliphatic hydroxyl groups excluding tert-OH is 2. The summed E-state index contributed by atoms with van der Waals surface area (Å²) < 4.78 is 18.3. The zero-order valence-electron chi connectivity index (χ0n) is 82.7. The Bertz CT molecular complexity index is 7120. The van der Waals surface area contributed by atoms with E-state index in [1.54, 1.807) is 62.5 Å². The Kier molecular flexibility index (Phi) is 29.3. The molecule has 5 aliphatic heterocycles. The van der Waals surface area contributed by atoms with E-state index in [0.717, 1.165) is 114 Å². The number of nitrogens with zero attached hydrogens (tertiary/aromatic N) is 16. The number of thiophene rings is 2. The number of rotatable bonds is 31.